The van der Waals surface area contributed by atoms with Crippen LogP contribution >= 0.6 is 0 Å². The van der Waals surface area contributed by atoms with Crippen molar-refractivity contribution in [2.75, 3.05) is 13.7 Å². The molecule has 0 saturated carbocycles. The maximum Gasteiger partial charge on any atom is 0.103 e. The minimum Gasteiger partial charge on any atom is -0.469 e. The van der Waals surface area contributed by atoms with Gasteiger partial charge >= 0.3 is 0 Å². The lowest BCUT2D eigenvalue weighted by molar-refractivity contribution is 0.161. The highest BCUT2D eigenvalue weighted by molar-refractivity contribution is 5.19. The molecule has 3 nitrogen and oxygen atoms in total. The number of hydrogen-bond acceptors (Lipinski definition) is 3. The molecule has 0 bridgehead atoms. The minimum atomic E-state index is 0.229. The van der Waals surface area contributed by atoms with Crippen LogP contribution < -0.4 is 5.32 Å². The number of furan rings is 1. The molecule has 1 aromatic carbocycles. The van der Waals surface area contributed by atoms with E-state index in [2.05, 4.69) is 36.5 Å². The van der Waals surface area contributed by atoms with Crippen LogP contribution in [-0.2, 0) is 11.2 Å². The van der Waals surface area contributed by atoms with Gasteiger partial charge in [-0.05, 0) is 31.0 Å². The number of nitrogens with one attached hydrogen (secondary N) is 1. The van der Waals surface area contributed by atoms with Crippen molar-refractivity contribution in [3.05, 3.63) is 60.1 Å². The van der Waals surface area contributed by atoms with Crippen molar-refractivity contribution < 1.29 is 9.15 Å². The summed E-state index contributed by atoms with van der Waals surface area (Å²) in [6.45, 7) is 2.88. The molecule has 2 unspecified atom stereocenters. The summed E-state index contributed by atoms with van der Waals surface area (Å²) in [6.07, 6.45) is 3.72. The Morgan fingerprint density at radius 3 is 2.60 bits per heavy atom. The van der Waals surface area contributed by atoms with E-state index in [1.807, 2.05) is 18.2 Å². The smallest absolute Gasteiger partial charge is 0.103 e. The molecule has 2 rings (SSSR count). The molecular weight excluding hydrogens is 250 g/mol. The monoisotopic (exact) mass is 273 g/mol. The molecule has 1 heterocycles. The summed E-state index contributed by atoms with van der Waals surface area (Å²) in [7, 11) is 1.74. The number of hydrogen-bond donors (Lipinski definition) is 1. The van der Waals surface area contributed by atoms with Crippen molar-refractivity contribution in [1.82, 2.24) is 5.32 Å². The van der Waals surface area contributed by atoms with Gasteiger partial charge in [0.25, 0.3) is 0 Å². The van der Waals surface area contributed by atoms with Crippen molar-refractivity contribution in [3.63, 3.8) is 0 Å². The number of methoxy groups -OCH3 is 1. The van der Waals surface area contributed by atoms with Gasteiger partial charge in [0, 0.05) is 19.6 Å². The maximum absolute atomic E-state index is 5.37. The maximum atomic E-state index is 5.37. The van der Waals surface area contributed by atoms with E-state index in [1.165, 1.54) is 5.56 Å². The third-order valence-corrected chi connectivity index (χ3v) is 3.42. The van der Waals surface area contributed by atoms with Gasteiger partial charge in [0.1, 0.15) is 5.76 Å². The highest BCUT2D eigenvalue weighted by Crippen LogP contribution is 2.15. The summed E-state index contributed by atoms with van der Waals surface area (Å²) >= 11 is 0. The Labute approximate surface area is 121 Å². The van der Waals surface area contributed by atoms with Gasteiger partial charge < -0.3 is 14.5 Å². The zero-order valence-corrected chi connectivity index (χ0v) is 12.2. The molecule has 108 valence electrons. The van der Waals surface area contributed by atoms with Gasteiger partial charge in [0.05, 0.1) is 18.9 Å². The molecule has 2 atom stereocenters. The molecule has 2 aromatic rings. The second-order valence-electron chi connectivity index (χ2n) is 5.10. The van der Waals surface area contributed by atoms with Gasteiger partial charge in [-0.25, -0.2) is 0 Å². The van der Waals surface area contributed by atoms with Gasteiger partial charge in [0.2, 0.25) is 0 Å². The number of benzene rings is 1. The Morgan fingerprint density at radius 2 is 1.95 bits per heavy atom. The molecule has 0 saturated heterocycles. The summed E-state index contributed by atoms with van der Waals surface area (Å²) in [5.41, 5.74) is 1.26. The predicted octanol–water partition coefficient (Wildman–Crippen LogP) is 3.58. The molecule has 3 heteroatoms. The zero-order chi connectivity index (χ0) is 14.2. The predicted molar refractivity (Wildman–Crippen MR) is 80.7 cm³/mol. The molecule has 0 amide bonds. The molecular formula is C17H23NO2. The SMILES string of the molecule is COCC(NC(C)CCc1ccco1)c1ccccc1. The lowest BCUT2D eigenvalue weighted by Gasteiger charge is -2.23. The van der Waals surface area contributed by atoms with Crippen LogP contribution in [0.2, 0.25) is 0 Å². The van der Waals surface area contributed by atoms with Crippen molar-refractivity contribution in [3.8, 4) is 0 Å². The molecule has 1 N–H and O–H groups in total. The summed E-state index contributed by atoms with van der Waals surface area (Å²) in [5, 5.41) is 3.63. The Balaban J connectivity index is 1.87. The first-order chi connectivity index (χ1) is 9.79. The zero-order valence-electron chi connectivity index (χ0n) is 12.2. The lowest BCUT2D eigenvalue weighted by atomic mass is 10.0. The van der Waals surface area contributed by atoms with Gasteiger partial charge in [-0.15, -0.1) is 0 Å². The number of rotatable bonds is 8. The Hall–Kier alpha value is -1.58. The van der Waals surface area contributed by atoms with Gasteiger partial charge in [-0.2, -0.15) is 0 Å². The Kier molecular flexibility index (Phi) is 5.84. The van der Waals surface area contributed by atoms with Crippen LogP contribution in [0.4, 0.5) is 0 Å². The van der Waals surface area contributed by atoms with Crippen LogP contribution in [0.1, 0.15) is 30.7 Å². The molecule has 0 aliphatic rings. The van der Waals surface area contributed by atoms with Gasteiger partial charge in [-0.1, -0.05) is 30.3 Å². The van der Waals surface area contributed by atoms with Crippen molar-refractivity contribution >= 4 is 0 Å². The van der Waals surface area contributed by atoms with E-state index in [9.17, 15) is 0 Å². The fraction of sp³-hybridized carbons (Fsp3) is 0.412. The van der Waals surface area contributed by atoms with E-state index in [-0.39, 0.29) is 6.04 Å². The van der Waals surface area contributed by atoms with Crippen LogP contribution in [0, 0.1) is 0 Å². The highest BCUT2D eigenvalue weighted by Gasteiger charge is 2.14. The third-order valence-electron chi connectivity index (χ3n) is 3.42. The Morgan fingerprint density at radius 1 is 1.15 bits per heavy atom. The molecule has 0 aliphatic heterocycles. The quantitative estimate of drug-likeness (QED) is 0.798. The van der Waals surface area contributed by atoms with Crippen molar-refractivity contribution in [1.29, 1.82) is 0 Å². The average molecular weight is 273 g/mol. The molecule has 0 aliphatic carbocycles. The van der Waals surface area contributed by atoms with Crippen LogP contribution in [0.15, 0.2) is 53.1 Å². The van der Waals surface area contributed by atoms with Crippen molar-refractivity contribution in [2.45, 2.75) is 31.8 Å². The average Bonchev–Trinajstić information content (AvgIpc) is 2.99. The van der Waals surface area contributed by atoms with Crippen LogP contribution in [0.5, 0.6) is 0 Å². The first-order valence-electron chi connectivity index (χ1n) is 7.12. The standard InChI is InChI=1S/C17H23NO2/c1-14(10-11-16-9-6-12-20-16)18-17(13-19-2)15-7-4-3-5-8-15/h3-9,12,14,17-18H,10-11,13H2,1-2H3. The van der Waals surface area contributed by atoms with E-state index in [0.717, 1.165) is 18.6 Å². The van der Waals surface area contributed by atoms with E-state index in [1.54, 1.807) is 13.4 Å². The molecule has 0 radical (unpaired) electrons. The van der Waals surface area contributed by atoms with E-state index >= 15 is 0 Å². The topological polar surface area (TPSA) is 34.4 Å². The number of ether oxygens (including phenoxy) is 1. The summed E-state index contributed by atoms with van der Waals surface area (Å²) < 4.78 is 10.7. The normalized spacial score (nSPS) is 14.1. The largest absolute Gasteiger partial charge is 0.469 e. The van der Waals surface area contributed by atoms with E-state index in [4.69, 9.17) is 9.15 Å². The molecule has 20 heavy (non-hydrogen) atoms. The first kappa shape index (κ1) is 14.8. The van der Waals surface area contributed by atoms with E-state index in [0.29, 0.717) is 12.6 Å². The second-order valence-corrected chi connectivity index (χ2v) is 5.10. The molecule has 0 spiro atoms. The fourth-order valence-corrected chi connectivity index (χ4v) is 2.33. The third kappa shape index (κ3) is 4.51. The second kappa shape index (κ2) is 7.88. The lowest BCUT2D eigenvalue weighted by Crippen LogP contribution is -2.33. The van der Waals surface area contributed by atoms with Gasteiger partial charge in [-0.3, -0.25) is 0 Å². The molecule has 1 aromatic heterocycles. The first-order valence-corrected chi connectivity index (χ1v) is 7.12. The van der Waals surface area contributed by atoms with Crippen molar-refractivity contribution in [2.24, 2.45) is 0 Å². The van der Waals surface area contributed by atoms with Gasteiger partial charge in [0.15, 0.2) is 0 Å². The summed E-state index contributed by atoms with van der Waals surface area (Å²) in [5.74, 6) is 1.04. The van der Waals surface area contributed by atoms with E-state index < -0.39 is 0 Å². The van der Waals surface area contributed by atoms with Crippen LogP contribution in [0.25, 0.3) is 0 Å². The minimum absolute atomic E-state index is 0.229. The highest BCUT2D eigenvalue weighted by atomic mass is 16.5. The van der Waals surface area contributed by atoms with Crippen LogP contribution in [0.3, 0.4) is 0 Å². The van der Waals surface area contributed by atoms with Crippen LogP contribution in [-0.4, -0.2) is 19.8 Å². The summed E-state index contributed by atoms with van der Waals surface area (Å²) in [4.78, 5) is 0. The fourth-order valence-electron chi connectivity index (χ4n) is 2.33. The Bertz CT molecular complexity index is 467. The summed E-state index contributed by atoms with van der Waals surface area (Å²) in [6, 6.07) is 15.0. The number of aryl methyl sites for hydroxylation is 1. The molecule has 0 fully saturated rings.